The Morgan fingerprint density at radius 2 is 1.54 bits per heavy atom. The Balaban J connectivity index is 1.38. The van der Waals surface area contributed by atoms with Crippen LogP contribution >= 0.6 is 0 Å². The van der Waals surface area contributed by atoms with Gasteiger partial charge in [0.25, 0.3) is 0 Å². The smallest absolute Gasteiger partial charge is 0.339 e. The lowest BCUT2D eigenvalue weighted by Gasteiger charge is -2.43. The molecule has 1 atom stereocenters. The molecule has 1 heterocycles. The van der Waals surface area contributed by atoms with Crippen molar-refractivity contribution >= 4 is 21.8 Å². The summed E-state index contributed by atoms with van der Waals surface area (Å²) in [6.45, 7) is 2.84. The first-order valence-electron chi connectivity index (χ1n) is 12.3. The van der Waals surface area contributed by atoms with Crippen molar-refractivity contribution in [3.63, 3.8) is 0 Å². The molecule has 2 aromatic rings. The first kappa shape index (κ1) is 27.1. The van der Waals surface area contributed by atoms with Crippen LogP contribution < -0.4 is 4.72 Å². The Bertz CT molecular complexity index is 1210. The molecule has 0 spiro atoms. The number of sulfonamides is 1. The summed E-state index contributed by atoms with van der Waals surface area (Å²) in [5, 5.41) is 0. The molecule has 11 heteroatoms. The predicted molar refractivity (Wildman–Crippen MR) is 131 cm³/mol. The van der Waals surface area contributed by atoms with Crippen molar-refractivity contribution in [2.75, 3.05) is 19.6 Å². The third-order valence-electron chi connectivity index (χ3n) is 7.18. The van der Waals surface area contributed by atoms with Crippen molar-refractivity contribution < 1.29 is 31.2 Å². The number of hydrogen-bond donors (Lipinski definition) is 1. The molecule has 1 saturated carbocycles. The highest BCUT2D eigenvalue weighted by Gasteiger charge is 2.38. The molecule has 1 saturated heterocycles. The van der Waals surface area contributed by atoms with Crippen LogP contribution in [0, 0.1) is 5.92 Å². The van der Waals surface area contributed by atoms with Gasteiger partial charge >= 0.3 is 6.18 Å². The lowest BCUT2D eigenvalue weighted by atomic mass is 9.85. The molecule has 0 bridgehead atoms. The zero-order valence-corrected chi connectivity index (χ0v) is 21.3. The van der Waals surface area contributed by atoms with E-state index in [9.17, 15) is 31.2 Å². The van der Waals surface area contributed by atoms with Gasteiger partial charge in [0.15, 0.2) is 0 Å². The Kier molecular flexibility index (Phi) is 7.94. The van der Waals surface area contributed by atoms with Gasteiger partial charge < -0.3 is 9.80 Å². The maximum absolute atomic E-state index is 13.5. The Morgan fingerprint density at radius 3 is 2.11 bits per heavy atom. The topological polar surface area (TPSA) is 86.8 Å². The summed E-state index contributed by atoms with van der Waals surface area (Å²) in [6.07, 6.45) is -2.67. The summed E-state index contributed by atoms with van der Waals surface area (Å²) >= 11 is 0. The van der Waals surface area contributed by atoms with Crippen LogP contribution in [0.15, 0.2) is 59.5 Å². The number of carbonyl (C=O) groups excluding carboxylic acids is 2. The molecule has 1 aliphatic heterocycles. The van der Waals surface area contributed by atoms with E-state index in [4.69, 9.17) is 0 Å². The van der Waals surface area contributed by atoms with E-state index in [0.29, 0.717) is 45.3 Å². The number of carbonyl (C=O) groups is 2. The normalized spacial score (nSPS) is 23.1. The van der Waals surface area contributed by atoms with Crippen LogP contribution in [0.2, 0.25) is 0 Å². The minimum Gasteiger partial charge on any atom is -0.339 e. The molecule has 0 aromatic heterocycles. The van der Waals surface area contributed by atoms with Gasteiger partial charge in [-0.1, -0.05) is 30.3 Å². The fraction of sp³-hybridized carbons (Fsp3) is 0.462. The van der Waals surface area contributed by atoms with Crippen molar-refractivity contribution in [2.24, 2.45) is 5.92 Å². The van der Waals surface area contributed by atoms with Crippen LogP contribution in [0.3, 0.4) is 0 Å². The Hall–Kier alpha value is -2.92. The second kappa shape index (κ2) is 10.8. The highest BCUT2D eigenvalue weighted by atomic mass is 32.2. The summed E-state index contributed by atoms with van der Waals surface area (Å²) in [5.41, 5.74) is 0.0446. The highest BCUT2D eigenvalue weighted by molar-refractivity contribution is 7.89. The number of nitrogens with one attached hydrogen (secondary N) is 1. The van der Waals surface area contributed by atoms with E-state index >= 15 is 0 Å². The minimum atomic E-state index is -4.54. The lowest BCUT2D eigenvalue weighted by Crippen LogP contribution is -2.53. The van der Waals surface area contributed by atoms with Gasteiger partial charge in [-0.2, -0.15) is 13.2 Å². The van der Waals surface area contributed by atoms with Crippen molar-refractivity contribution in [3.05, 3.63) is 65.7 Å². The van der Waals surface area contributed by atoms with Gasteiger partial charge in [-0.25, -0.2) is 13.1 Å². The molecule has 4 rings (SSSR count). The molecular weight excluding hydrogens is 507 g/mol. The fourth-order valence-electron chi connectivity index (χ4n) is 5.10. The standard InChI is InChI=1S/C26H30F3N3O4S/c1-18(33)31-15-16-32(24(17-31)19-5-3-2-4-6-19)25(34)20-7-11-22(12-8-20)30-37(35,36)23-13-9-21(10-14-23)26(27,28)29/h2-6,9-10,13-14,20,22,24,30H,7-8,11-12,15-17H2,1H3/t20?,22?,24-/m1/s1. The molecule has 7 nitrogen and oxygen atoms in total. The second-order valence-corrected chi connectivity index (χ2v) is 11.3. The van der Waals surface area contributed by atoms with Gasteiger partial charge in [-0.05, 0) is 55.5 Å². The van der Waals surface area contributed by atoms with Crippen molar-refractivity contribution in [2.45, 2.75) is 55.8 Å². The summed E-state index contributed by atoms with van der Waals surface area (Å²) in [6, 6.07) is 12.3. The molecule has 0 radical (unpaired) electrons. The van der Waals surface area contributed by atoms with Crippen molar-refractivity contribution in [1.82, 2.24) is 14.5 Å². The summed E-state index contributed by atoms with van der Waals surface area (Å²) in [5.74, 6) is -0.295. The van der Waals surface area contributed by atoms with Crippen molar-refractivity contribution in [1.29, 1.82) is 0 Å². The van der Waals surface area contributed by atoms with Crippen LogP contribution in [-0.2, 0) is 25.8 Å². The van der Waals surface area contributed by atoms with E-state index in [2.05, 4.69) is 4.72 Å². The summed E-state index contributed by atoms with van der Waals surface area (Å²) in [7, 11) is -3.99. The number of benzene rings is 2. The van der Waals surface area contributed by atoms with Gasteiger partial charge in [0.05, 0.1) is 16.5 Å². The van der Waals surface area contributed by atoms with E-state index < -0.39 is 27.8 Å². The largest absolute Gasteiger partial charge is 0.416 e. The zero-order chi connectivity index (χ0) is 26.8. The molecule has 1 N–H and O–H groups in total. The summed E-state index contributed by atoms with van der Waals surface area (Å²) < 4.78 is 66.4. The maximum Gasteiger partial charge on any atom is 0.416 e. The van der Waals surface area contributed by atoms with Crippen LogP contribution in [0.5, 0.6) is 0 Å². The van der Waals surface area contributed by atoms with Gasteiger partial charge in [-0.15, -0.1) is 0 Å². The number of hydrogen-bond acceptors (Lipinski definition) is 4. The molecule has 37 heavy (non-hydrogen) atoms. The van der Waals surface area contributed by atoms with E-state index in [1.807, 2.05) is 35.2 Å². The first-order chi connectivity index (χ1) is 17.5. The minimum absolute atomic E-state index is 0.00102. The van der Waals surface area contributed by atoms with Gasteiger partial charge in [0.1, 0.15) is 0 Å². The fourth-order valence-corrected chi connectivity index (χ4v) is 6.40. The monoisotopic (exact) mass is 537 g/mol. The molecule has 0 unspecified atom stereocenters. The van der Waals surface area contributed by atoms with Crippen LogP contribution in [0.25, 0.3) is 0 Å². The van der Waals surface area contributed by atoms with Gasteiger partial charge in [0, 0.05) is 38.5 Å². The molecule has 200 valence electrons. The molecule has 2 aliphatic rings. The number of rotatable bonds is 5. The third-order valence-corrected chi connectivity index (χ3v) is 8.72. The Labute approximate surface area is 214 Å². The second-order valence-electron chi connectivity index (χ2n) is 9.62. The van der Waals surface area contributed by atoms with E-state index in [-0.39, 0.29) is 28.7 Å². The predicted octanol–water partition coefficient (Wildman–Crippen LogP) is 3.97. The molecule has 1 aliphatic carbocycles. The third kappa shape index (κ3) is 6.32. The average molecular weight is 538 g/mol. The SMILES string of the molecule is CC(=O)N1CCN(C(=O)C2CCC(NS(=O)(=O)c3ccc(C(F)(F)F)cc3)CC2)[C@@H](c2ccccc2)C1. The quantitative estimate of drug-likeness (QED) is 0.625. The van der Waals surface area contributed by atoms with E-state index in [0.717, 1.165) is 29.8 Å². The lowest BCUT2D eigenvalue weighted by molar-refractivity contribution is -0.146. The average Bonchev–Trinajstić information content (AvgIpc) is 2.88. The highest BCUT2D eigenvalue weighted by Crippen LogP contribution is 2.33. The first-order valence-corrected chi connectivity index (χ1v) is 13.7. The molecule has 2 aromatic carbocycles. The van der Waals surface area contributed by atoms with Crippen LogP contribution in [-0.4, -0.2) is 55.7 Å². The molecule has 2 fully saturated rings. The number of amides is 2. The van der Waals surface area contributed by atoms with Crippen LogP contribution in [0.1, 0.15) is 49.8 Å². The number of piperazine rings is 1. The maximum atomic E-state index is 13.5. The zero-order valence-electron chi connectivity index (χ0n) is 20.4. The number of halogens is 3. The van der Waals surface area contributed by atoms with E-state index in [1.54, 1.807) is 4.90 Å². The Morgan fingerprint density at radius 1 is 0.919 bits per heavy atom. The molecular formula is C26H30F3N3O4S. The van der Waals surface area contributed by atoms with Crippen molar-refractivity contribution in [3.8, 4) is 0 Å². The van der Waals surface area contributed by atoms with Gasteiger partial charge in [-0.3, -0.25) is 9.59 Å². The molecule has 2 amide bonds. The number of alkyl halides is 3. The number of nitrogens with zero attached hydrogens (tertiary/aromatic N) is 2. The van der Waals surface area contributed by atoms with Crippen LogP contribution in [0.4, 0.5) is 13.2 Å². The van der Waals surface area contributed by atoms with Gasteiger partial charge in [0.2, 0.25) is 21.8 Å². The van der Waals surface area contributed by atoms with E-state index in [1.165, 1.54) is 6.92 Å². The summed E-state index contributed by atoms with van der Waals surface area (Å²) in [4.78, 5) is 28.9.